The van der Waals surface area contributed by atoms with Gasteiger partial charge in [0.15, 0.2) is 0 Å². The van der Waals surface area contributed by atoms with Gasteiger partial charge in [-0.3, -0.25) is 4.68 Å². The molecule has 1 unspecified atom stereocenters. The van der Waals surface area contributed by atoms with Gasteiger partial charge in [0.2, 0.25) is 0 Å². The van der Waals surface area contributed by atoms with Gasteiger partial charge in [-0.1, -0.05) is 97.7 Å². The first-order valence-corrected chi connectivity index (χ1v) is 19.1. The minimum absolute atomic E-state index is 0. The third-order valence-electron chi connectivity index (χ3n) is 10.7. The van der Waals surface area contributed by atoms with E-state index in [9.17, 15) is 0 Å². The minimum Gasteiger partial charge on any atom is -0.509 e. The zero-order chi connectivity index (χ0) is 37.1. The van der Waals surface area contributed by atoms with Crippen LogP contribution in [0.2, 0.25) is 0 Å². The van der Waals surface area contributed by atoms with Crippen molar-refractivity contribution in [3.05, 3.63) is 119 Å². The Bertz CT molecular complexity index is 2300. The van der Waals surface area contributed by atoms with Gasteiger partial charge in [0.25, 0.3) is 0 Å². The van der Waals surface area contributed by atoms with E-state index in [0.29, 0.717) is 35.2 Å². The number of nitrogens with zero attached hydrogens (tertiary/aromatic N) is 4. The molecule has 3 aromatic heterocycles. The second kappa shape index (κ2) is 15.1. The van der Waals surface area contributed by atoms with Crippen molar-refractivity contribution in [1.29, 1.82) is 0 Å². The second-order valence-electron chi connectivity index (χ2n) is 17.1. The normalized spacial score (nSPS) is 17.8. The van der Waals surface area contributed by atoms with E-state index < -0.39 is 0 Å². The summed E-state index contributed by atoms with van der Waals surface area (Å²) < 4.78 is 11.1. The van der Waals surface area contributed by atoms with Crippen LogP contribution in [-0.4, -0.2) is 19.3 Å². The molecule has 0 saturated heterocycles. The van der Waals surface area contributed by atoms with Gasteiger partial charge in [0.1, 0.15) is 5.82 Å². The number of fused-ring (bicyclic) bond motifs is 3. The molecule has 0 bridgehead atoms. The van der Waals surface area contributed by atoms with Crippen LogP contribution in [0.4, 0.5) is 0 Å². The molecular weight excluding hydrogens is 832 g/mol. The van der Waals surface area contributed by atoms with E-state index in [1.54, 1.807) is 0 Å². The number of benzene rings is 3. The van der Waals surface area contributed by atoms with Gasteiger partial charge >= 0.3 is 21.1 Å². The first-order chi connectivity index (χ1) is 24.7. The molecule has 5 nitrogen and oxygen atoms in total. The Morgan fingerprint density at radius 3 is 2.36 bits per heavy atom. The van der Waals surface area contributed by atoms with E-state index in [-0.39, 0.29) is 32.4 Å². The van der Waals surface area contributed by atoms with Crippen molar-refractivity contribution in [2.75, 3.05) is 0 Å². The van der Waals surface area contributed by atoms with Crippen LogP contribution in [0.3, 0.4) is 0 Å². The van der Waals surface area contributed by atoms with Gasteiger partial charge in [-0.15, -0.1) is 41.3 Å². The largest absolute Gasteiger partial charge is 2.00 e. The van der Waals surface area contributed by atoms with Crippen LogP contribution < -0.4 is 4.74 Å². The van der Waals surface area contributed by atoms with Crippen LogP contribution in [0, 0.1) is 36.8 Å². The van der Waals surface area contributed by atoms with E-state index in [1.807, 2.05) is 12.3 Å². The van der Waals surface area contributed by atoms with Gasteiger partial charge in [-0.25, -0.2) is 4.98 Å². The van der Waals surface area contributed by atoms with Gasteiger partial charge in [0.05, 0.1) is 5.69 Å². The molecule has 3 heterocycles. The fourth-order valence-corrected chi connectivity index (χ4v) is 8.59. The van der Waals surface area contributed by atoms with Crippen LogP contribution in [0.15, 0.2) is 78.5 Å². The molecule has 7 rings (SSSR count). The SMILES string of the molecule is CC1=C[C@H](C)C[C@H](C)C1c1c(C)nn(-c2[c-]c(Oc3[c-]c4c(cc3)c3ccccc3n4-c3cc(CC(C)C)ccn3)cc(C(C)(C)C)c2)c1C(C)C.[Pt+2]. The maximum Gasteiger partial charge on any atom is 2.00 e. The topological polar surface area (TPSA) is 44.9 Å². The molecule has 0 N–H and O–H groups in total. The third-order valence-corrected chi connectivity index (χ3v) is 10.7. The summed E-state index contributed by atoms with van der Waals surface area (Å²) in [7, 11) is 0. The maximum atomic E-state index is 6.75. The molecular formula is C47H54N4OPt. The minimum atomic E-state index is -0.120. The Balaban J connectivity index is 0.00000481. The second-order valence-corrected chi connectivity index (χ2v) is 17.1. The summed E-state index contributed by atoms with van der Waals surface area (Å²) in [6.07, 6.45) is 6.57. The molecule has 6 heteroatoms. The molecule has 0 radical (unpaired) electrons. The third kappa shape index (κ3) is 7.57. The molecule has 0 spiro atoms. The smallest absolute Gasteiger partial charge is 0.509 e. The molecule has 53 heavy (non-hydrogen) atoms. The molecule has 3 atom stereocenters. The van der Waals surface area contributed by atoms with Crippen molar-refractivity contribution in [2.45, 2.75) is 106 Å². The zero-order valence-electron chi connectivity index (χ0n) is 33.2. The number of aryl methyl sites for hydroxylation is 1. The van der Waals surface area contributed by atoms with E-state index in [0.717, 1.165) is 51.0 Å². The number of aromatic nitrogens is 4. The molecule has 3 aromatic carbocycles. The van der Waals surface area contributed by atoms with Crippen LogP contribution in [0.1, 0.15) is 116 Å². The van der Waals surface area contributed by atoms with Crippen LogP contribution >= 0.6 is 0 Å². The average Bonchev–Trinajstić information content (AvgIpc) is 3.58. The van der Waals surface area contributed by atoms with Gasteiger partial charge < -0.3 is 9.30 Å². The molecule has 0 amide bonds. The van der Waals surface area contributed by atoms with Crippen LogP contribution in [0.5, 0.6) is 11.5 Å². The van der Waals surface area contributed by atoms with Gasteiger partial charge in [-0.2, -0.15) is 11.2 Å². The first kappa shape index (κ1) is 38.8. The molecule has 1 aliphatic carbocycles. The predicted molar refractivity (Wildman–Crippen MR) is 215 cm³/mol. The zero-order valence-corrected chi connectivity index (χ0v) is 35.5. The molecule has 0 fully saturated rings. The summed E-state index contributed by atoms with van der Waals surface area (Å²) in [4.78, 5) is 4.85. The number of pyridine rings is 1. The number of allylic oxidation sites excluding steroid dienone is 2. The summed E-state index contributed by atoms with van der Waals surface area (Å²) >= 11 is 0. The maximum absolute atomic E-state index is 6.75. The van der Waals surface area contributed by atoms with Crippen molar-refractivity contribution in [2.24, 2.45) is 17.8 Å². The predicted octanol–water partition coefficient (Wildman–Crippen LogP) is 12.4. The number of rotatable bonds is 8. The Labute approximate surface area is 331 Å². The summed E-state index contributed by atoms with van der Waals surface area (Å²) in [6, 6.07) is 28.7. The van der Waals surface area contributed by atoms with Crippen molar-refractivity contribution >= 4 is 21.8 Å². The Hall–Kier alpha value is -3.95. The van der Waals surface area contributed by atoms with E-state index in [4.69, 9.17) is 14.8 Å². The fraction of sp³-hybridized carbons (Fsp3) is 0.404. The van der Waals surface area contributed by atoms with Crippen molar-refractivity contribution in [1.82, 2.24) is 19.3 Å². The molecule has 278 valence electrons. The van der Waals surface area contributed by atoms with E-state index >= 15 is 0 Å². The average molecular weight is 886 g/mol. The molecule has 1 aliphatic rings. The van der Waals surface area contributed by atoms with E-state index in [1.165, 1.54) is 28.8 Å². The standard InChI is InChI=1S/C47H54N4O.Pt/c1-28(2)20-34-18-19-48-43(23-34)50-41-15-13-12-14-39(41)40-17-16-37(27-42(40)50)52-38-25-35(47(9,10)11)24-36(26-38)51-46(29(3)4)45(33(8)49-51)44-31(6)21-30(5)22-32(44)7;/h12-19,21,23-25,28-30,32,44H,20,22H2,1-11H3;/q-2;+2/t30-,32-,44?;/m0./s1. The van der Waals surface area contributed by atoms with Crippen molar-refractivity contribution in [3.8, 4) is 23.0 Å². The fourth-order valence-electron chi connectivity index (χ4n) is 8.59. The number of hydrogen-bond donors (Lipinski definition) is 0. The Morgan fingerprint density at radius 2 is 1.66 bits per heavy atom. The summed E-state index contributed by atoms with van der Waals surface area (Å²) in [6.45, 7) is 25.0. The number of para-hydroxylation sites is 1. The van der Waals surface area contributed by atoms with Gasteiger partial charge in [-0.05, 0) is 90.6 Å². The monoisotopic (exact) mass is 885 g/mol. The van der Waals surface area contributed by atoms with E-state index in [2.05, 4.69) is 158 Å². The van der Waals surface area contributed by atoms with Gasteiger partial charge in [0, 0.05) is 40.4 Å². The van der Waals surface area contributed by atoms with Crippen molar-refractivity contribution in [3.63, 3.8) is 0 Å². The Kier molecular flexibility index (Phi) is 11.0. The van der Waals surface area contributed by atoms with Crippen molar-refractivity contribution < 1.29 is 25.8 Å². The molecule has 6 aromatic rings. The van der Waals surface area contributed by atoms with Crippen LogP contribution in [-0.2, 0) is 32.9 Å². The summed E-state index contributed by atoms with van der Waals surface area (Å²) in [5.74, 6) is 4.51. The number of ether oxygens (including phenoxy) is 1. The first-order valence-electron chi connectivity index (χ1n) is 19.1. The number of hydrogen-bond acceptors (Lipinski definition) is 3. The molecule has 0 saturated carbocycles. The quantitative estimate of drug-likeness (QED) is 0.113. The summed E-state index contributed by atoms with van der Waals surface area (Å²) in [5, 5.41) is 7.54. The molecule has 0 aliphatic heterocycles. The summed E-state index contributed by atoms with van der Waals surface area (Å²) in [5.41, 5.74) is 10.4. The Morgan fingerprint density at radius 1 is 0.906 bits per heavy atom. The van der Waals surface area contributed by atoms with Crippen LogP contribution in [0.25, 0.3) is 33.3 Å².